The first kappa shape index (κ1) is 14.4. The van der Waals surface area contributed by atoms with Crippen LogP contribution >= 0.6 is 0 Å². The molecule has 106 valence electrons. The maximum absolute atomic E-state index is 6.49. The molecule has 3 atom stereocenters. The highest BCUT2D eigenvalue weighted by Crippen LogP contribution is 2.36. The lowest BCUT2D eigenvalue weighted by Gasteiger charge is -2.35. The molecule has 0 aromatic heterocycles. The van der Waals surface area contributed by atoms with Crippen molar-refractivity contribution in [1.82, 2.24) is 4.90 Å². The van der Waals surface area contributed by atoms with Crippen LogP contribution in [0.2, 0.25) is 0 Å². The number of rotatable bonds is 5. The zero-order valence-electron chi connectivity index (χ0n) is 12.5. The predicted molar refractivity (Wildman–Crippen MR) is 79.5 cm³/mol. The van der Waals surface area contributed by atoms with Crippen LogP contribution in [0.3, 0.4) is 0 Å². The van der Waals surface area contributed by atoms with Crippen LogP contribution in [0.15, 0.2) is 18.2 Å². The first-order valence-corrected chi connectivity index (χ1v) is 7.30. The Morgan fingerprint density at radius 2 is 2.16 bits per heavy atom. The standard InChI is InChI=1S/C16H26N2O/c1-5-11(3)18(6-2)15-9-12-7-8-13(19-4)10-14(12)16(15)17/h7-8,10-11,15-16H,5-6,9,17H2,1-4H3. The highest BCUT2D eigenvalue weighted by molar-refractivity contribution is 5.42. The van der Waals surface area contributed by atoms with Gasteiger partial charge in [0.2, 0.25) is 0 Å². The summed E-state index contributed by atoms with van der Waals surface area (Å²) in [7, 11) is 1.71. The van der Waals surface area contributed by atoms with Gasteiger partial charge in [0.1, 0.15) is 5.75 Å². The van der Waals surface area contributed by atoms with E-state index < -0.39 is 0 Å². The van der Waals surface area contributed by atoms with Crippen LogP contribution in [0.5, 0.6) is 5.75 Å². The molecule has 2 N–H and O–H groups in total. The van der Waals surface area contributed by atoms with Gasteiger partial charge in [-0.3, -0.25) is 4.90 Å². The number of nitrogens with zero attached hydrogens (tertiary/aromatic N) is 1. The molecule has 1 aromatic rings. The van der Waals surface area contributed by atoms with E-state index in [1.165, 1.54) is 11.1 Å². The average Bonchev–Trinajstić information content (AvgIpc) is 2.76. The van der Waals surface area contributed by atoms with Gasteiger partial charge in [-0.1, -0.05) is 19.9 Å². The summed E-state index contributed by atoms with van der Waals surface area (Å²) in [5, 5.41) is 0. The average molecular weight is 262 g/mol. The van der Waals surface area contributed by atoms with Crippen LogP contribution < -0.4 is 10.5 Å². The van der Waals surface area contributed by atoms with Gasteiger partial charge in [-0.25, -0.2) is 0 Å². The van der Waals surface area contributed by atoms with E-state index in [9.17, 15) is 0 Å². The van der Waals surface area contributed by atoms with E-state index >= 15 is 0 Å². The van der Waals surface area contributed by atoms with E-state index in [-0.39, 0.29) is 6.04 Å². The molecule has 0 bridgehead atoms. The number of methoxy groups -OCH3 is 1. The van der Waals surface area contributed by atoms with Gasteiger partial charge in [-0.05, 0) is 49.6 Å². The second kappa shape index (κ2) is 5.93. The number of fused-ring (bicyclic) bond motifs is 1. The summed E-state index contributed by atoms with van der Waals surface area (Å²) in [5.41, 5.74) is 9.12. The van der Waals surface area contributed by atoms with Gasteiger partial charge in [0.15, 0.2) is 0 Å². The molecule has 0 radical (unpaired) electrons. The Kier molecular flexibility index (Phi) is 4.48. The molecule has 0 fully saturated rings. The molecule has 3 unspecified atom stereocenters. The van der Waals surface area contributed by atoms with Crippen LogP contribution in [0, 0.1) is 0 Å². The molecule has 0 aliphatic heterocycles. The van der Waals surface area contributed by atoms with Crippen LogP contribution in [-0.2, 0) is 6.42 Å². The zero-order valence-corrected chi connectivity index (χ0v) is 12.5. The van der Waals surface area contributed by atoms with Crippen LogP contribution in [-0.4, -0.2) is 30.6 Å². The van der Waals surface area contributed by atoms with E-state index in [1.54, 1.807) is 7.11 Å². The summed E-state index contributed by atoms with van der Waals surface area (Å²) in [6.45, 7) is 7.81. The van der Waals surface area contributed by atoms with Crippen molar-refractivity contribution in [3.63, 3.8) is 0 Å². The molecule has 0 amide bonds. The van der Waals surface area contributed by atoms with Gasteiger partial charge < -0.3 is 10.5 Å². The lowest BCUT2D eigenvalue weighted by molar-refractivity contribution is 0.135. The molecule has 3 heteroatoms. The normalized spacial score (nSPS) is 23.5. The number of likely N-dealkylation sites (N-methyl/N-ethyl adjacent to an activating group) is 1. The van der Waals surface area contributed by atoms with Crippen molar-refractivity contribution in [2.75, 3.05) is 13.7 Å². The Hall–Kier alpha value is -1.06. The maximum Gasteiger partial charge on any atom is 0.119 e. The first-order valence-electron chi connectivity index (χ1n) is 7.30. The molecule has 1 aromatic carbocycles. The Morgan fingerprint density at radius 3 is 2.74 bits per heavy atom. The van der Waals surface area contributed by atoms with Crippen LogP contribution in [0.4, 0.5) is 0 Å². The molecule has 3 nitrogen and oxygen atoms in total. The summed E-state index contributed by atoms with van der Waals surface area (Å²) in [4.78, 5) is 2.54. The maximum atomic E-state index is 6.49. The van der Waals surface area contributed by atoms with Gasteiger partial charge in [-0.2, -0.15) is 0 Å². The lowest BCUT2D eigenvalue weighted by Crippen LogP contribution is -2.45. The number of hydrogen-bond donors (Lipinski definition) is 1. The van der Waals surface area contributed by atoms with Gasteiger partial charge in [0.05, 0.1) is 7.11 Å². The SMILES string of the molecule is CCC(C)N(CC)C1Cc2ccc(OC)cc2C1N. The molecular weight excluding hydrogens is 236 g/mol. The summed E-state index contributed by atoms with van der Waals surface area (Å²) in [6, 6.07) is 7.40. The second-order valence-corrected chi connectivity index (χ2v) is 5.45. The highest BCUT2D eigenvalue weighted by Gasteiger charge is 2.35. The molecule has 1 aliphatic carbocycles. The van der Waals surface area contributed by atoms with Crippen molar-refractivity contribution in [3.8, 4) is 5.75 Å². The van der Waals surface area contributed by atoms with Gasteiger partial charge in [0.25, 0.3) is 0 Å². The third-order valence-corrected chi connectivity index (χ3v) is 4.50. The molecular formula is C16H26N2O. The smallest absolute Gasteiger partial charge is 0.119 e. The van der Waals surface area contributed by atoms with Crippen molar-refractivity contribution < 1.29 is 4.74 Å². The van der Waals surface area contributed by atoms with E-state index in [1.807, 2.05) is 6.07 Å². The van der Waals surface area contributed by atoms with E-state index in [0.717, 1.165) is 25.1 Å². The lowest BCUT2D eigenvalue weighted by atomic mass is 10.0. The summed E-state index contributed by atoms with van der Waals surface area (Å²) >= 11 is 0. The number of nitrogens with two attached hydrogens (primary N) is 1. The van der Waals surface area contributed by atoms with Crippen molar-refractivity contribution in [2.45, 2.75) is 51.7 Å². The first-order chi connectivity index (χ1) is 9.12. The molecule has 1 aliphatic rings. The fourth-order valence-corrected chi connectivity index (χ4v) is 3.19. The molecule has 2 rings (SSSR count). The Morgan fingerprint density at radius 1 is 1.42 bits per heavy atom. The number of benzene rings is 1. The summed E-state index contributed by atoms with van der Waals surface area (Å²) in [5.74, 6) is 0.904. The Bertz CT molecular complexity index is 433. The number of hydrogen-bond acceptors (Lipinski definition) is 3. The quantitative estimate of drug-likeness (QED) is 0.886. The minimum atomic E-state index is 0.0963. The minimum absolute atomic E-state index is 0.0963. The Labute approximate surface area is 116 Å². The third-order valence-electron chi connectivity index (χ3n) is 4.50. The highest BCUT2D eigenvalue weighted by atomic mass is 16.5. The van der Waals surface area contributed by atoms with E-state index in [0.29, 0.717) is 12.1 Å². The Balaban J connectivity index is 2.24. The van der Waals surface area contributed by atoms with Gasteiger partial charge in [-0.15, -0.1) is 0 Å². The molecule has 0 heterocycles. The van der Waals surface area contributed by atoms with Crippen molar-refractivity contribution in [3.05, 3.63) is 29.3 Å². The van der Waals surface area contributed by atoms with Gasteiger partial charge in [0, 0.05) is 18.1 Å². The fraction of sp³-hybridized carbons (Fsp3) is 0.625. The monoisotopic (exact) mass is 262 g/mol. The van der Waals surface area contributed by atoms with E-state index in [4.69, 9.17) is 10.5 Å². The molecule has 19 heavy (non-hydrogen) atoms. The topological polar surface area (TPSA) is 38.5 Å². The largest absolute Gasteiger partial charge is 0.497 e. The fourth-order valence-electron chi connectivity index (χ4n) is 3.19. The molecule has 0 saturated heterocycles. The van der Waals surface area contributed by atoms with Crippen molar-refractivity contribution in [1.29, 1.82) is 0 Å². The zero-order chi connectivity index (χ0) is 14.0. The van der Waals surface area contributed by atoms with Crippen molar-refractivity contribution in [2.24, 2.45) is 5.73 Å². The van der Waals surface area contributed by atoms with Gasteiger partial charge >= 0.3 is 0 Å². The summed E-state index contributed by atoms with van der Waals surface area (Å²) < 4.78 is 5.31. The second-order valence-electron chi connectivity index (χ2n) is 5.45. The van der Waals surface area contributed by atoms with Crippen molar-refractivity contribution >= 4 is 0 Å². The summed E-state index contributed by atoms with van der Waals surface area (Å²) in [6.07, 6.45) is 2.22. The van der Waals surface area contributed by atoms with Crippen LogP contribution in [0.25, 0.3) is 0 Å². The predicted octanol–water partition coefficient (Wildman–Crippen LogP) is 2.74. The number of ether oxygens (including phenoxy) is 1. The van der Waals surface area contributed by atoms with Crippen LogP contribution in [0.1, 0.15) is 44.4 Å². The molecule has 0 saturated carbocycles. The minimum Gasteiger partial charge on any atom is -0.497 e. The molecule has 0 spiro atoms. The van der Waals surface area contributed by atoms with E-state index in [2.05, 4.69) is 37.8 Å². The third kappa shape index (κ3) is 2.63.